The van der Waals surface area contributed by atoms with Crippen LogP contribution in [0.3, 0.4) is 0 Å². The summed E-state index contributed by atoms with van der Waals surface area (Å²) in [6.45, 7) is 0.0398. The summed E-state index contributed by atoms with van der Waals surface area (Å²) < 4.78 is 10.1. The predicted octanol–water partition coefficient (Wildman–Crippen LogP) is 2.68. The standard InChI is InChI=1S/C14H13ClN2O3/c1-19-13-4-2-3-10(17-13)8-20-14(18)11-6-5-9(15)7-12(11)16/h2-7H,8,16H2,1H3. The molecule has 6 heteroatoms. The first kappa shape index (κ1) is 14.1. The number of carbonyl (C=O) groups excluding carboxylic acids is 1. The van der Waals surface area contributed by atoms with E-state index < -0.39 is 5.97 Å². The van der Waals surface area contributed by atoms with Gasteiger partial charge in [0.2, 0.25) is 5.88 Å². The third kappa shape index (κ3) is 3.39. The first-order chi connectivity index (χ1) is 9.60. The van der Waals surface area contributed by atoms with Gasteiger partial charge in [-0.3, -0.25) is 0 Å². The molecule has 2 N–H and O–H groups in total. The van der Waals surface area contributed by atoms with Crippen LogP contribution in [-0.4, -0.2) is 18.1 Å². The van der Waals surface area contributed by atoms with Gasteiger partial charge in [-0.2, -0.15) is 0 Å². The van der Waals surface area contributed by atoms with Gasteiger partial charge in [-0.15, -0.1) is 0 Å². The highest BCUT2D eigenvalue weighted by atomic mass is 35.5. The third-order valence-electron chi connectivity index (χ3n) is 2.58. The molecule has 0 amide bonds. The number of benzene rings is 1. The molecule has 1 aromatic carbocycles. The largest absolute Gasteiger partial charge is 0.481 e. The van der Waals surface area contributed by atoms with Crippen molar-refractivity contribution >= 4 is 23.3 Å². The highest BCUT2D eigenvalue weighted by Gasteiger charge is 2.12. The first-order valence-corrected chi connectivity index (χ1v) is 6.20. The van der Waals surface area contributed by atoms with Gasteiger partial charge in [0.15, 0.2) is 0 Å². The molecule has 0 aliphatic rings. The fourth-order valence-electron chi connectivity index (χ4n) is 1.59. The van der Waals surface area contributed by atoms with E-state index in [2.05, 4.69) is 4.98 Å². The molecule has 0 radical (unpaired) electrons. The molecule has 0 spiro atoms. The van der Waals surface area contributed by atoms with Crippen molar-refractivity contribution < 1.29 is 14.3 Å². The highest BCUT2D eigenvalue weighted by Crippen LogP contribution is 2.19. The van der Waals surface area contributed by atoms with Gasteiger partial charge >= 0.3 is 5.97 Å². The lowest BCUT2D eigenvalue weighted by Gasteiger charge is -2.07. The lowest BCUT2D eigenvalue weighted by molar-refractivity contribution is 0.0468. The fraction of sp³-hybridized carbons (Fsp3) is 0.143. The van der Waals surface area contributed by atoms with E-state index in [1.165, 1.54) is 19.2 Å². The molecule has 0 saturated heterocycles. The first-order valence-electron chi connectivity index (χ1n) is 5.82. The highest BCUT2D eigenvalue weighted by molar-refractivity contribution is 6.31. The molecule has 104 valence electrons. The van der Waals surface area contributed by atoms with Crippen LogP contribution in [0, 0.1) is 0 Å². The van der Waals surface area contributed by atoms with Gasteiger partial charge in [0.1, 0.15) is 6.61 Å². The van der Waals surface area contributed by atoms with Crippen molar-refractivity contribution in [1.82, 2.24) is 4.98 Å². The van der Waals surface area contributed by atoms with Crippen molar-refractivity contribution in [2.75, 3.05) is 12.8 Å². The van der Waals surface area contributed by atoms with E-state index in [-0.39, 0.29) is 17.9 Å². The van der Waals surface area contributed by atoms with Gasteiger partial charge in [0.25, 0.3) is 0 Å². The molecule has 2 aromatic rings. The number of ether oxygens (including phenoxy) is 2. The molecule has 5 nitrogen and oxygen atoms in total. The SMILES string of the molecule is COc1cccc(COC(=O)c2ccc(Cl)cc2N)n1. The van der Waals surface area contributed by atoms with Crippen molar-refractivity contribution in [2.24, 2.45) is 0 Å². The summed E-state index contributed by atoms with van der Waals surface area (Å²) in [5, 5.41) is 0.466. The number of esters is 1. The number of rotatable bonds is 4. The number of halogens is 1. The van der Waals surface area contributed by atoms with Crippen LogP contribution in [0.2, 0.25) is 5.02 Å². The molecule has 1 heterocycles. The van der Waals surface area contributed by atoms with Crippen molar-refractivity contribution in [3.05, 3.63) is 52.7 Å². The topological polar surface area (TPSA) is 74.4 Å². The monoisotopic (exact) mass is 292 g/mol. The molecule has 0 aliphatic carbocycles. The number of aromatic nitrogens is 1. The Morgan fingerprint density at radius 3 is 2.85 bits per heavy atom. The fourth-order valence-corrected chi connectivity index (χ4v) is 1.77. The molecule has 2 rings (SSSR count). The maximum Gasteiger partial charge on any atom is 0.340 e. The van der Waals surface area contributed by atoms with Crippen LogP contribution in [0.15, 0.2) is 36.4 Å². The van der Waals surface area contributed by atoms with Crippen LogP contribution in [0.1, 0.15) is 16.1 Å². The number of hydrogen-bond donors (Lipinski definition) is 1. The Kier molecular flexibility index (Phi) is 4.42. The Balaban J connectivity index is 2.04. The average molecular weight is 293 g/mol. The normalized spacial score (nSPS) is 10.1. The number of methoxy groups -OCH3 is 1. The van der Waals surface area contributed by atoms with E-state index in [0.717, 1.165) is 0 Å². The molecule has 0 atom stereocenters. The Morgan fingerprint density at radius 2 is 2.15 bits per heavy atom. The van der Waals surface area contributed by atoms with Gasteiger partial charge < -0.3 is 15.2 Å². The number of pyridine rings is 1. The van der Waals surface area contributed by atoms with E-state index in [1.54, 1.807) is 24.3 Å². The Morgan fingerprint density at radius 1 is 1.35 bits per heavy atom. The maximum absolute atomic E-state index is 11.9. The number of nitrogens with two attached hydrogens (primary N) is 1. The predicted molar refractivity (Wildman–Crippen MR) is 75.8 cm³/mol. The molecule has 0 saturated carbocycles. The molecule has 0 aliphatic heterocycles. The summed E-state index contributed by atoms with van der Waals surface area (Å²) in [5.41, 5.74) is 6.86. The van der Waals surface area contributed by atoms with Crippen LogP contribution in [0.25, 0.3) is 0 Å². The van der Waals surface area contributed by atoms with Crippen molar-refractivity contribution in [2.45, 2.75) is 6.61 Å². The Labute approximate surface area is 121 Å². The lowest BCUT2D eigenvalue weighted by atomic mass is 10.2. The summed E-state index contributed by atoms with van der Waals surface area (Å²) in [6, 6.07) is 9.83. The van der Waals surface area contributed by atoms with Crippen molar-refractivity contribution in [3.8, 4) is 5.88 Å². The van der Waals surface area contributed by atoms with Gasteiger partial charge in [0, 0.05) is 16.8 Å². The quantitative estimate of drug-likeness (QED) is 0.693. The van der Waals surface area contributed by atoms with Gasteiger partial charge in [0.05, 0.1) is 18.4 Å². The number of nitrogen functional groups attached to an aromatic ring is 1. The summed E-state index contributed by atoms with van der Waals surface area (Å²) in [7, 11) is 1.52. The zero-order chi connectivity index (χ0) is 14.5. The third-order valence-corrected chi connectivity index (χ3v) is 2.81. The zero-order valence-electron chi connectivity index (χ0n) is 10.8. The Hall–Kier alpha value is -2.27. The minimum atomic E-state index is -0.524. The molecule has 1 aromatic heterocycles. The maximum atomic E-state index is 11.9. The Bertz CT molecular complexity index is 632. The summed E-state index contributed by atoms with van der Waals surface area (Å²) >= 11 is 5.77. The minimum absolute atomic E-state index is 0.0398. The molecule has 20 heavy (non-hydrogen) atoms. The smallest absolute Gasteiger partial charge is 0.340 e. The average Bonchev–Trinajstić information content (AvgIpc) is 2.45. The number of carbonyl (C=O) groups is 1. The van der Waals surface area contributed by atoms with E-state index in [0.29, 0.717) is 16.6 Å². The van der Waals surface area contributed by atoms with Gasteiger partial charge in [-0.05, 0) is 24.3 Å². The second-order valence-corrected chi connectivity index (χ2v) is 4.42. The van der Waals surface area contributed by atoms with Gasteiger partial charge in [-0.25, -0.2) is 9.78 Å². The van der Waals surface area contributed by atoms with E-state index in [1.807, 2.05) is 0 Å². The molecule has 0 fully saturated rings. The van der Waals surface area contributed by atoms with Crippen molar-refractivity contribution in [1.29, 1.82) is 0 Å². The van der Waals surface area contributed by atoms with Crippen LogP contribution < -0.4 is 10.5 Å². The number of nitrogens with zero attached hydrogens (tertiary/aromatic N) is 1. The second-order valence-electron chi connectivity index (χ2n) is 3.98. The molecular formula is C14H13ClN2O3. The summed E-state index contributed by atoms with van der Waals surface area (Å²) in [4.78, 5) is 16.0. The number of anilines is 1. The van der Waals surface area contributed by atoms with Crippen LogP contribution in [0.4, 0.5) is 5.69 Å². The zero-order valence-corrected chi connectivity index (χ0v) is 11.6. The van der Waals surface area contributed by atoms with Crippen LogP contribution >= 0.6 is 11.6 Å². The molecule has 0 unspecified atom stereocenters. The molecular weight excluding hydrogens is 280 g/mol. The summed E-state index contributed by atoms with van der Waals surface area (Å²) in [6.07, 6.45) is 0. The summed E-state index contributed by atoms with van der Waals surface area (Å²) in [5.74, 6) is -0.0617. The van der Waals surface area contributed by atoms with E-state index in [9.17, 15) is 4.79 Å². The number of hydrogen-bond acceptors (Lipinski definition) is 5. The lowest BCUT2D eigenvalue weighted by Crippen LogP contribution is -2.09. The van der Waals surface area contributed by atoms with Gasteiger partial charge in [-0.1, -0.05) is 17.7 Å². The van der Waals surface area contributed by atoms with E-state index >= 15 is 0 Å². The van der Waals surface area contributed by atoms with Crippen LogP contribution in [-0.2, 0) is 11.3 Å². The minimum Gasteiger partial charge on any atom is -0.481 e. The van der Waals surface area contributed by atoms with Crippen molar-refractivity contribution in [3.63, 3.8) is 0 Å². The second kappa shape index (κ2) is 6.25. The van der Waals surface area contributed by atoms with E-state index in [4.69, 9.17) is 26.8 Å². The van der Waals surface area contributed by atoms with Crippen LogP contribution in [0.5, 0.6) is 5.88 Å². The molecule has 0 bridgehead atoms.